The van der Waals surface area contributed by atoms with Crippen molar-refractivity contribution in [3.63, 3.8) is 0 Å². The van der Waals surface area contributed by atoms with Gasteiger partial charge in [-0.3, -0.25) is 4.79 Å². The van der Waals surface area contributed by atoms with Gasteiger partial charge in [-0.25, -0.2) is 0 Å². The molecule has 1 heterocycles. The molecule has 5 heteroatoms. The summed E-state index contributed by atoms with van der Waals surface area (Å²) in [5, 5.41) is 19.8. The summed E-state index contributed by atoms with van der Waals surface area (Å²) in [6, 6.07) is 3.10. The second-order valence-electron chi connectivity index (χ2n) is 5.14. The molecule has 0 bridgehead atoms. The van der Waals surface area contributed by atoms with Gasteiger partial charge in [0.2, 0.25) is 6.79 Å². The summed E-state index contributed by atoms with van der Waals surface area (Å²) in [5.74, 6) is -0.0109. The zero-order valence-electron chi connectivity index (χ0n) is 10.5. The van der Waals surface area contributed by atoms with E-state index in [0.717, 1.165) is 19.3 Å². The standard InChI is InChI=1S/C14H16O5/c15-9-4-5-10-12(19-8-18-10)11(9)14(13(16)17)6-2-1-3-7-14/h4-5,15H,1-3,6-8H2,(H,16,17). The Bertz CT molecular complexity index is 517. The average molecular weight is 264 g/mol. The SMILES string of the molecule is O=C(O)C1(c2c(O)ccc3c2OCO3)CCCCC1. The van der Waals surface area contributed by atoms with Gasteiger partial charge < -0.3 is 19.7 Å². The van der Waals surface area contributed by atoms with Crippen molar-refractivity contribution >= 4 is 5.97 Å². The number of carboxylic acids is 1. The largest absolute Gasteiger partial charge is 0.507 e. The molecule has 1 aliphatic heterocycles. The van der Waals surface area contributed by atoms with Crippen LogP contribution in [0.1, 0.15) is 37.7 Å². The third-order valence-electron chi connectivity index (χ3n) is 4.11. The molecule has 19 heavy (non-hydrogen) atoms. The third kappa shape index (κ3) is 1.72. The highest BCUT2D eigenvalue weighted by atomic mass is 16.7. The lowest BCUT2D eigenvalue weighted by Crippen LogP contribution is -2.38. The van der Waals surface area contributed by atoms with Crippen LogP contribution in [0, 0.1) is 0 Å². The van der Waals surface area contributed by atoms with E-state index in [1.807, 2.05) is 0 Å². The van der Waals surface area contributed by atoms with Crippen LogP contribution in [0.2, 0.25) is 0 Å². The molecule has 1 saturated carbocycles. The van der Waals surface area contributed by atoms with E-state index in [1.54, 1.807) is 6.07 Å². The number of ether oxygens (including phenoxy) is 2. The smallest absolute Gasteiger partial charge is 0.314 e. The number of hydrogen-bond acceptors (Lipinski definition) is 4. The van der Waals surface area contributed by atoms with Crippen molar-refractivity contribution in [1.82, 2.24) is 0 Å². The molecule has 2 aliphatic rings. The molecular formula is C14H16O5. The van der Waals surface area contributed by atoms with Crippen molar-refractivity contribution in [1.29, 1.82) is 0 Å². The Balaban J connectivity index is 2.18. The first kappa shape index (κ1) is 12.1. The van der Waals surface area contributed by atoms with E-state index in [2.05, 4.69) is 0 Å². The molecule has 2 N–H and O–H groups in total. The highest BCUT2D eigenvalue weighted by molar-refractivity contribution is 5.84. The van der Waals surface area contributed by atoms with Crippen molar-refractivity contribution in [2.24, 2.45) is 0 Å². The van der Waals surface area contributed by atoms with Gasteiger partial charge in [0, 0.05) is 0 Å². The molecule has 1 aromatic carbocycles. The highest BCUT2D eigenvalue weighted by Gasteiger charge is 2.46. The lowest BCUT2D eigenvalue weighted by atomic mass is 9.68. The number of hydrogen-bond donors (Lipinski definition) is 2. The molecule has 5 nitrogen and oxygen atoms in total. The van der Waals surface area contributed by atoms with E-state index in [9.17, 15) is 15.0 Å². The summed E-state index contributed by atoms with van der Waals surface area (Å²) in [6.07, 6.45) is 3.76. The van der Waals surface area contributed by atoms with Crippen molar-refractivity contribution < 1.29 is 24.5 Å². The van der Waals surface area contributed by atoms with Crippen LogP contribution in [0.15, 0.2) is 12.1 Å². The van der Waals surface area contributed by atoms with Crippen LogP contribution < -0.4 is 9.47 Å². The Hall–Kier alpha value is -1.91. The van der Waals surface area contributed by atoms with E-state index in [4.69, 9.17) is 9.47 Å². The van der Waals surface area contributed by atoms with Crippen LogP contribution in [0.25, 0.3) is 0 Å². The van der Waals surface area contributed by atoms with Gasteiger partial charge in [0.25, 0.3) is 0 Å². The first-order valence-corrected chi connectivity index (χ1v) is 6.50. The van der Waals surface area contributed by atoms with Crippen molar-refractivity contribution in [3.05, 3.63) is 17.7 Å². The van der Waals surface area contributed by atoms with E-state index in [0.29, 0.717) is 29.9 Å². The summed E-state index contributed by atoms with van der Waals surface area (Å²) in [6.45, 7) is 0.0709. The van der Waals surface area contributed by atoms with Gasteiger partial charge >= 0.3 is 5.97 Å². The predicted octanol–water partition coefficient (Wildman–Crippen LogP) is 2.41. The Morgan fingerprint density at radius 1 is 1.16 bits per heavy atom. The molecule has 1 fully saturated rings. The molecule has 0 radical (unpaired) electrons. The molecule has 102 valence electrons. The number of fused-ring (bicyclic) bond motifs is 1. The molecule has 0 aromatic heterocycles. The van der Waals surface area contributed by atoms with Crippen LogP contribution in [0.5, 0.6) is 17.2 Å². The van der Waals surface area contributed by atoms with Gasteiger partial charge in [0.05, 0.1) is 5.56 Å². The summed E-state index contributed by atoms with van der Waals surface area (Å²) >= 11 is 0. The van der Waals surface area contributed by atoms with Gasteiger partial charge in [0.1, 0.15) is 11.2 Å². The summed E-state index contributed by atoms with van der Waals surface area (Å²) in [5.41, 5.74) is -0.670. The second-order valence-corrected chi connectivity index (χ2v) is 5.14. The minimum atomic E-state index is -1.05. The number of phenols is 1. The quantitative estimate of drug-likeness (QED) is 0.857. The van der Waals surface area contributed by atoms with Gasteiger partial charge in [-0.15, -0.1) is 0 Å². The number of rotatable bonds is 2. The second kappa shape index (κ2) is 4.33. The van der Waals surface area contributed by atoms with Crippen LogP contribution in [0.3, 0.4) is 0 Å². The Morgan fingerprint density at radius 3 is 2.58 bits per heavy atom. The van der Waals surface area contributed by atoms with Gasteiger partial charge in [-0.1, -0.05) is 19.3 Å². The van der Waals surface area contributed by atoms with Crippen molar-refractivity contribution in [2.45, 2.75) is 37.5 Å². The van der Waals surface area contributed by atoms with Crippen LogP contribution in [-0.2, 0) is 10.2 Å². The lowest BCUT2D eigenvalue weighted by Gasteiger charge is -2.34. The zero-order chi connectivity index (χ0) is 13.5. The van der Waals surface area contributed by atoms with E-state index in [-0.39, 0.29) is 12.5 Å². The Kier molecular flexibility index (Phi) is 2.77. The number of aliphatic carboxylic acids is 1. The topological polar surface area (TPSA) is 76.0 Å². The number of benzene rings is 1. The van der Waals surface area contributed by atoms with Gasteiger partial charge in [-0.2, -0.15) is 0 Å². The summed E-state index contributed by atoms with van der Waals surface area (Å²) in [4.78, 5) is 11.8. The molecular weight excluding hydrogens is 248 g/mol. The lowest BCUT2D eigenvalue weighted by molar-refractivity contribution is -0.145. The molecule has 0 unspecified atom stereocenters. The summed E-state index contributed by atoms with van der Waals surface area (Å²) < 4.78 is 10.7. The molecule has 0 saturated heterocycles. The maximum Gasteiger partial charge on any atom is 0.314 e. The van der Waals surface area contributed by atoms with Crippen molar-refractivity contribution in [2.75, 3.05) is 6.79 Å². The fraction of sp³-hybridized carbons (Fsp3) is 0.500. The van der Waals surface area contributed by atoms with Gasteiger partial charge in [0.15, 0.2) is 11.5 Å². The molecule has 1 aliphatic carbocycles. The number of carbonyl (C=O) groups is 1. The van der Waals surface area contributed by atoms with Gasteiger partial charge in [-0.05, 0) is 25.0 Å². The fourth-order valence-electron chi connectivity index (χ4n) is 3.15. The van der Waals surface area contributed by atoms with E-state index < -0.39 is 11.4 Å². The maximum atomic E-state index is 11.8. The number of aromatic hydroxyl groups is 1. The minimum absolute atomic E-state index is 0.0199. The van der Waals surface area contributed by atoms with Crippen molar-refractivity contribution in [3.8, 4) is 17.2 Å². The number of phenolic OH excluding ortho intramolecular Hbond substituents is 1. The maximum absolute atomic E-state index is 11.8. The first-order chi connectivity index (χ1) is 9.15. The Morgan fingerprint density at radius 2 is 1.89 bits per heavy atom. The van der Waals surface area contributed by atoms with E-state index >= 15 is 0 Å². The minimum Gasteiger partial charge on any atom is -0.507 e. The fourth-order valence-corrected chi connectivity index (χ4v) is 3.15. The average Bonchev–Trinajstić information content (AvgIpc) is 2.87. The third-order valence-corrected chi connectivity index (χ3v) is 4.11. The molecule has 3 rings (SSSR count). The van der Waals surface area contributed by atoms with Crippen LogP contribution in [-0.4, -0.2) is 23.0 Å². The van der Waals surface area contributed by atoms with E-state index in [1.165, 1.54) is 6.07 Å². The predicted molar refractivity (Wildman–Crippen MR) is 66.6 cm³/mol. The number of carboxylic acid groups (broad SMARTS) is 1. The zero-order valence-corrected chi connectivity index (χ0v) is 10.5. The normalized spacial score (nSPS) is 20.2. The van der Waals surface area contributed by atoms with Crippen LogP contribution in [0.4, 0.5) is 0 Å². The monoisotopic (exact) mass is 264 g/mol. The molecule has 0 spiro atoms. The van der Waals surface area contributed by atoms with Crippen LogP contribution >= 0.6 is 0 Å². The Labute approximate surface area is 110 Å². The molecule has 0 amide bonds. The highest BCUT2D eigenvalue weighted by Crippen LogP contribution is 2.51. The molecule has 1 aromatic rings. The molecule has 0 atom stereocenters. The summed E-state index contributed by atoms with van der Waals surface area (Å²) in [7, 11) is 0. The first-order valence-electron chi connectivity index (χ1n) is 6.50.